The van der Waals surface area contributed by atoms with Crippen LogP contribution >= 0.6 is 22.2 Å². The van der Waals surface area contributed by atoms with Crippen LogP contribution in [0, 0.1) is 0 Å². The first kappa shape index (κ1) is 9.45. The molecule has 52 valence electrons. The standard InChI is InChI=1S/C4H8Cl2OSi2/c1-3-8(5)7-9(6)4-2/h3-4,8-9H,1-2H2. The lowest BCUT2D eigenvalue weighted by Crippen LogP contribution is -2.16. The van der Waals surface area contributed by atoms with Crippen molar-refractivity contribution in [3.8, 4) is 0 Å². The van der Waals surface area contributed by atoms with Gasteiger partial charge in [-0.05, 0) is 0 Å². The van der Waals surface area contributed by atoms with Gasteiger partial charge in [-0.15, -0.1) is 35.3 Å². The predicted octanol–water partition coefficient (Wildman–Crippen LogP) is 1.37. The van der Waals surface area contributed by atoms with Crippen LogP contribution in [-0.4, -0.2) is 16.7 Å². The molecule has 0 aliphatic rings. The Morgan fingerprint density at radius 3 is 1.67 bits per heavy atom. The summed E-state index contributed by atoms with van der Waals surface area (Å²) in [5.41, 5.74) is 3.24. The highest BCUT2D eigenvalue weighted by molar-refractivity contribution is 7.15. The van der Waals surface area contributed by atoms with E-state index in [-0.39, 0.29) is 0 Å². The van der Waals surface area contributed by atoms with Crippen molar-refractivity contribution in [1.82, 2.24) is 0 Å². The smallest absolute Gasteiger partial charge is 0.289 e. The van der Waals surface area contributed by atoms with Gasteiger partial charge < -0.3 is 4.12 Å². The van der Waals surface area contributed by atoms with Crippen molar-refractivity contribution in [1.29, 1.82) is 0 Å². The van der Waals surface area contributed by atoms with Crippen molar-refractivity contribution in [2.45, 2.75) is 0 Å². The third-order valence-electron chi connectivity index (χ3n) is 0.631. The molecule has 2 unspecified atom stereocenters. The summed E-state index contributed by atoms with van der Waals surface area (Å²) in [6.07, 6.45) is 0. The molecule has 1 nitrogen and oxygen atoms in total. The third-order valence-corrected chi connectivity index (χ3v) is 6.37. The summed E-state index contributed by atoms with van der Waals surface area (Å²) in [6, 6.07) is 0. The van der Waals surface area contributed by atoms with Crippen molar-refractivity contribution in [3.05, 3.63) is 24.6 Å². The van der Waals surface area contributed by atoms with Crippen LogP contribution in [0.25, 0.3) is 0 Å². The van der Waals surface area contributed by atoms with E-state index in [0.717, 1.165) is 0 Å². The maximum atomic E-state index is 5.64. The highest BCUT2D eigenvalue weighted by Crippen LogP contribution is 2.00. The summed E-state index contributed by atoms with van der Waals surface area (Å²) >= 11 is 11.3. The van der Waals surface area contributed by atoms with Crippen molar-refractivity contribution in [2.24, 2.45) is 0 Å². The Morgan fingerprint density at radius 1 is 1.11 bits per heavy atom. The molecule has 0 N–H and O–H groups in total. The summed E-state index contributed by atoms with van der Waals surface area (Å²) < 4.78 is 5.12. The van der Waals surface area contributed by atoms with E-state index in [2.05, 4.69) is 13.2 Å². The van der Waals surface area contributed by atoms with E-state index in [4.69, 9.17) is 26.3 Å². The van der Waals surface area contributed by atoms with E-state index in [1.54, 1.807) is 11.4 Å². The van der Waals surface area contributed by atoms with Gasteiger partial charge in [0.05, 0.1) is 0 Å². The minimum atomic E-state index is -1.66. The molecule has 0 aliphatic carbocycles. The first-order valence-electron chi connectivity index (χ1n) is 2.39. The summed E-state index contributed by atoms with van der Waals surface area (Å²) in [4.78, 5) is 0. The van der Waals surface area contributed by atoms with Crippen LogP contribution in [0.2, 0.25) is 0 Å². The molecule has 0 aliphatic heterocycles. The number of rotatable bonds is 4. The maximum absolute atomic E-state index is 5.64. The van der Waals surface area contributed by atoms with Crippen LogP contribution in [0.1, 0.15) is 0 Å². The number of halogens is 2. The van der Waals surface area contributed by atoms with Gasteiger partial charge in [0, 0.05) is 0 Å². The van der Waals surface area contributed by atoms with E-state index in [1.807, 2.05) is 0 Å². The molecular formula is C4H8Cl2OSi2. The second kappa shape index (κ2) is 5.26. The van der Waals surface area contributed by atoms with Crippen LogP contribution in [0.5, 0.6) is 0 Å². The van der Waals surface area contributed by atoms with E-state index in [0.29, 0.717) is 0 Å². The molecule has 0 aromatic rings. The minimum absolute atomic E-state index is 1.62. The Hall–Kier alpha value is 0.454. The average molecular weight is 199 g/mol. The molecular weight excluding hydrogens is 191 g/mol. The van der Waals surface area contributed by atoms with Crippen LogP contribution < -0.4 is 0 Å². The monoisotopic (exact) mass is 198 g/mol. The molecule has 0 saturated heterocycles. The Bertz CT molecular complexity index is 96.7. The summed E-state index contributed by atoms with van der Waals surface area (Å²) in [6.45, 7) is 6.96. The molecule has 0 spiro atoms. The molecule has 0 aromatic carbocycles. The zero-order valence-corrected chi connectivity index (χ0v) is 8.71. The van der Waals surface area contributed by atoms with Crippen molar-refractivity contribution >= 4 is 38.9 Å². The van der Waals surface area contributed by atoms with Gasteiger partial charge >= 0.3 is 0 Å². The summed E-state index contributed by atoms with van der Waals surface area (Å²) in [5, 5.41) is 0. The van der Waals surface area contributed by atoms with Crippen molar-refractivity contribution in [3.63, 3.8) is 0 Å². The van der Waals surface area contributed by atoms with Crippen molar-refractivity contribution < 1.29 is 4.12 Å². The van der Waals surface area contributed by atoms with E-state index < -0.39 is 16.7 Å². The van der Waals surface area contributed by atoms with Gasteiger partial charge in [0.15, 0.2) is 0 Å². The number of hydrogen-bond acceptors (Lipinski definition) is 1. The van der Waals surface area contributed by atoms with Gasteiger partial charge in [-0.25, -0.2) is 0 Å². The Morgan fingerprint density at radius 2 is 1.44 bits per heavy atom. The normalized spacial score (nSPS) is 16.2. The van der Waals surface area contributed by atoms with E-state index in [1.165, 1.54) is 0 Å². The summed E-state index contributed by atoms with van der Waals surface area (Å²) in [5.74, 6) is 0. The highest BCUT2D eigenvalue weighted by atomic mass is 35.6. The predicted molar refractivity (Wildman–Crippen MR) is 47.5 cm³/mol. The van der Waals surface area contributed by atoms with Crippen LogP contribution in [-0.2, 0) is 4.12 Å². The van der Waals surface area contributed by atoms with Gasteiger partial charge in [0.2, 0.25) is 0 Å². The molecule has 0 fully saturated rings. The molecule has 0 radical (unpaired) electrons. The molecule has 0 aromatic heterocycles. The lowest BCUT2D eigenvalue weighted by Gasteiger charge is -2.05. The fourth-order valence-electron chi connectivity index (χ4n) is 0.235. The van der Waals surface area contributed by atoms with Gasteiger partial charge in [-0.2, -0.15) is 0 Å². The zero-order chi connectivity index (χ0) is 7.28. The fraction of sp³-hybridized carbons (Fsp3) is 0. The van der Waals surface area contributed by atoms with Gasteiger partial charge in [0.25, 0.3) is 16.7 Å². The Kier molecular flexibility index (Phi) is 5.52. The lowest BCUT2D eigenvalue weighted by atomic mass is 11.3. The fourth-order valence-corrected chi connectivity index (χ4v) is 4.59. The zero-order valence-electron chi connectivity index (χ0n) is 4.89. The van der Waals surface area contributed by atoms with E-state index >= 15 is 0 Å². The van der Waals surface area contributed by atoms with E-state index in [9.17, 15) is 0 Å². The Balaban J connectivity index is 3.45. The molecule has 0 rings (SSSR count). The first-order chi connectivity index (χ1) is 4.20. The van der Waals surface area contributed by atoms with Crippen LogP contribution in [0.15, 0.2) is 24.6 Å². The lowest BCUT2D eigenvalue weighted by molar-refractivity contribution is 0.645. The molecule has 0 bridgehead atoms. The second-order valence-corrected chi connectivity index (χ2v) is 7.33. The van der Waals surface area contributed by atoms with Gasteiger partial charge in [0.1, 0.15) is 0 Å². The molecule has 5 heteroatoms. The SMILES string of the molecule is C=C[SiH](Cl)O[SiH](Cl)C=C. The number of hydrogen-bond donors (Lipinski definition) is 0. The summed E-state index contributed by atoms with van der Waals surface area (Å²) in [7, 11) is -3.32. The molecule has 9 heavy (non-hydrogen) atoms. The maximum Gasteiger partial charge on any atom is 0.289 e. The molecule has 0 amide bonds. The second-order valence-electron chi connectivity index (χ2n) is 1.31. The molecule has 0 heterocycles. The van der Waals surface area contributed by atoms with Crippen LogP contribution in [0.3, 0.4) is 0 Å². The molecule has 0 saturated carbocycles. The largest absolute Gasteiger partial charge is 0.432 e. The van der Waals surface area contributed by atoms with Crippen molar-refractivity contribution in [2.75, 3.05) is 0 Å². The minimum Gasteiger partial charge on any atom is -0.432 e. The third kappa shape index (κ3) is 4.93. The van der Waals surface area contributed by atoms with Gasteiger partial charge in [-0.3, -0.25) is 0 Å². The Labute approximate surface area is 67.8 Å². The van der Waals surface area contributed by atoms with Gasteiger partial charge in [-0.1, -0.05) is 11.4 Å². The average Bonchev–Trinajstić information content (AvgIpc) is 1.87. The quantitative estimate of drug-likeness (QED) is 0.491. The highest BCUT2D eigenvalue weighted by Gasteiger charge is 2.07. The topological polar surface area (TPSA) is 9.23 Å². The molecule has 2 atom stereocenters. The first-order valence-corrected chi connectivity index (χ1v) is 8.16. The van der Waals surface area contributed by atoms with Crippen LogP contribution in [0.4, 0.5) is 0 Å².